The first-order chi connectivity index (χ1) is 11.2. The van der Waals surface area contributed by atoms with Crippen molar-refractivity contribution in [3.05, 3.63) is 53.1 Å². The Hall–Kier alpha value is -1.64. The molecular formula is C15H12ClF2NO3S2. The largest absolute Gasteiger partial charge is 0.324 e. The maximum atomic E-state index is 13.1. The van der Waals surface area contributed by atoms with Crippen LogP contribution in [0.5, 0.6) is 0 Å². The fourth-order valence-electron chi connectivity index (χ4n) is 1.73. The Kier molecular flexibility index (Phi) is 5.84. The molecule has 24 heavy (non-hydrogen) atoms. The van der Waals surface area contributed by atoms with E-state index in [1.165, 1.54) is 24.3 Å². The summed E-state index contributed by atoms with van der Waals surface area (Å²) < 4.78 is 49.0. The molecule has 0 heterocycles. The molecule has 0 bridgehead atoms. The fourth-order valence-corrected chi connectivity index (χ4v) is 3.27. The molecule has 0 radical (unpaired) electrons. The minimum absolute atomic E-state index is 0.0236. The van der Waals surface area contributed by atoms with Crippen LogP contribution in [0.2, 0.25) is 5.02 Å². The number of nitrogens with one attached hydrogen (secondary N) is 1. The Morgan fingerprint density at radius 2 is 1.88 bits per heavy atom. The first-order valence-corrected chi connectivity index (χ1v) is 9.79. The van der Waals surface area contributed by atoms with Crippen LogP contribution in [-0.2, 0) is 14.6 Å². The molecule has 0 unspecified atom stereocenters. The van der Waals surface area contributed by atoms with Gasteiger partial charge in [-0.25, -0.2) is 17.2 Å². The third-order valence-corrected chi connectivity index (χ3v) is 5.33. The highest BCUT2D eigenvalue weighted by atomic mass is 35.5. The fraction of sp³-hybridized carbons (Fsp3) is 0.133. The Morgan fingerprint density at radius 3 is 2.50 bits per heavy atom. The number of halogens is 3. The number of thioether (sulfide) groups is 1. The second kappa shape index (κ2) is 7.50. The monoisotopic (exact) mass is 391 g/mol. The summed E-state index contributed by atoms with van der Waals surface area (Å²) >= 11 is 6.94. The molecule has 0 saturated heterocycles. The summed E-state index contributed by atoms with van der Waals surface area (Å²) in [5.41, 5.74) is 0.162. The van der Waals surface area contributed by atoms with E-state index in [-0.39, 0.29) is 21.4 Å². The molecule has 1 amide bonds. The molecule has 2 aromatic carbocycles. The molecule has 0 aliphatic rings. The summed E-state index contributed by atoms with van der Waals surface area (Å²) in [4.78, 5) is 12.4. The molecule has 0 aromatic heterocycles. The van der Waals surface area contributed by atoms with E-state index in [2.05, 4.69) is 5.32 Å². The van der Waals surface area contributed by atoms with Gasteiger partial charge in [0.2, 0.25) is 5.91 Å². The average Bonchev–Trinajstić information content (AvgIpc) is 2.49. The quantitative estimate of drug-likeness (QED) is 0.788. The number of anilines is 1. The number of sulfone groups is 1. The zero-order valence-electron chi connectivity index (χ0n) is 12.3. The van der Waals surface area contributed by atoms with E-state index in [1.54, 1.807) is 0 Å². The van der Waals surface area contributed by atoms with Crippen LogP contribution in [0.1, 0.15) is 0 Å². The van der Waals surface area contributed by atoms with E-state index in [4.69, 9.17) is 11.6 Å². The topological polar surface area (TPSA) is 63.2 Å². The highest BCUT2D eigenvalue weighted by Crippen LogP contribution is 2.26. The molecule has 2 aromatic rings. The lowest BCUT2D eigenvalue weighted by Gasteiger charge is -2.09. The third-order valence-electron chi connectivity index (χ3n) is 2.90. The van der Waals surface area contributed by atoms with Crippen molar-refractivity contribution in [2.75, 3.05) is 17.3 Å². The van der Waals surface area contributed by atoms with Gasteiger partial charge in [-0.05, 0) is 36.4 Å². The Balaban J connectivity index is 2.05. The van der Waals surface area contributed by atoms with Gasteiger partial charge in [0.15, 0.2) is 21.5 Å². The van der Waals surface area contributed by atoms with Crippen LogP contribution in [0.25, 0.3) is 0 Å². The van der Waals surface area contributed by atoms with Crippen molar-refractivity contribution < 1.29 is 22.0 Å². The van der Waals surface area contributed by atoms with Crippen LogP contribution < -0.4 is 5.32 Å². The van der Waals surface area contributed by atoms with Crippen molar-refractivity contribution in [3.63, 3.8) is 0 Å². The number of amides is 1. The van der Waals surface area contributed by atoms with E-state index in [1.807, 2.05) is 0 Å². The van der Waals surface area contributed by atoms with Crippen molar-refractivity contribution in [2.24, 2.45) is 0 Å². The van der Waals surface area contributed by atoms with Crippen LogP contribution in [0.4, 0.5) is 14.5 Å². The van der Waals surface area contributed by atoms with Crippen LogP contribution in [0, 0.1) is 11.6 Å². The minimum Gasteiger partial charge on any atom is -0.324 e. The van der Waals surface area contributed by atoms with Crippen LogP contribution >= 0.6 is 23.4 Å². The predicted octanol–water partition coefficient (Wildman–Crippen LogP) is 3.75. The molecule has 0 fully saturated rings. The van der Waals surface area contributed by atoms with Gasteiger partial charge in [-0.15, -0.1) is 11.8 Å². The second-order valence-electron chi connectivity index (χ2n) is 4.83. The zero-order valence-corrected chi connectivity index (χ0v) is 14.7. The normalized spacial score (nSPS) is 11.3. The molecular weight excluding hydrogens is 380 g/mol. The summed E-state index contributed by atoms with van der Waals surface area (Å²) in [5.74, 6) is -2.50. The molecule has 0 spiro atoms. The van der Waals surface area contributed by atoms with Gasteiger partial charge in [-0.3, -0.25) is 4.79 Å². The standard InChI is InChI=1S/C15H12ClF2NO3S2/c1-24(21,22)10-3-4-11(16)14(7-10)19-15(20)8-23-9-2-5-12(17)13(18)6-9/h2-7H,8H2,1H3,(H,19,20). The SMILES string of the molecule is CS(=O)(=O)c1ccc(Cl)c(NC(=O)CSc2ccc(F)c(F)c2)c1. The van der Waals surface area contributed by atoms with Crippen molar-refractivity contribution in [1.29, 1.82) is 0 Å². The van der Waals surface area contributed by atoms with E-state index < -0.39 is 27.4 Å². The lowest BCUT2D eigenvalue weighted by atomic mass is 10.3. The summed E-state index contributed by atoms with van der Waals surface area (Å²) in [6, 6.07) is 7.29. The molecule has 2 rings (SSSR count). The highest BCUT2D eigenvalue weighted by Gasteiger charge is 2.13. The van der Waals surface area contributed by atoms with Crippen molar-refractivity contribution in [3.8, 4) is 0 Å². The van der Waals surface area contributed by atoms with E-state index in [0.29, 0.717) is 4.90 Å². The summed E-state index contributed by atoms with van der Waals surface area (Å²) in [6.45, 7) is 0. The van der Waals surface area contributed by atoms with E-state index in [9.17, 15) is 22.0 Å². The summed E-state index contributed by atoms with van der Waals surface area (Å²) in [7, 11) is -3.43. The van der Waals surface area contributed by atoms with Gasteiger partial charge in [0.05, 0.1) is 21.4 Å². The van der Waals surface area contributed by atoms with E-state index in [0.717, 1.165) is 30.2 Å². The zero-order chi connectivity index (χ0) is 17.9. The Morgan fingerprint density at radius 1 is 1.17 bits per heavy atom. The summed E-state index contributed by atoms with van der Waals surface area (Å²) in [6.07, 6.45) is 1.04. The van der Waals surface area contributed by atoms with Crippen LogP contribution in [-0.4, -0.2) is 26.3 Å². The maximum Gasteiger partial charge on any atom is 0.234 e. The highest BCUT2D eigenvalue weighted by molar-refractivity contribution is 8.00. The van der Waals surface area contributed by atoms with Gasteiger partial charge in [0, 0.05) is 11.2 Å². The molecule has 128 valence electrons. The van der Waals surface area contributed by atoms with Crippen molar-refractivity contribution in [1.82, 2.24) is 0 Å². The van der Waals surface area contributed by atoms with Gasteiger partial charge in [-0.2, -0.15) is 0 Å². The molecule has 1 N–H and O–H groups in total. The lowest BCUT2D eigenvalue weighted by molar-refractivity contribution is -0.113. The van der Waals surface area contributed by atoms with Crippen molar-refractivity contribution in [2.45, 2.75) is 9.79 Å². The second-order valence-corrected chi connectivity index (χ2v) is 8.30. The minimum atomic E-state index is -3.43. The Labute approximate surface area is 147 Å². The number of rotatable bonds is 5. The molecule has 0 aliphatic carbocycles. The van der Waals surface area contributed by atoms with Gasteiger partial charge in [0.25, 0.3) is 0 Å². The number of hydrogen-bond donors (Lipinski definition) is 1. The summed E-state index contributed by atoms with van der Waals surface area (Å²) in [5, 5.41) is 2.68. The van der Waals surface area contributed by atoms with Gasteiger partial charge < -0.3 is 5.32 Å². The van der Waals surface area contributed by atoms with Crippen LogP contribution in [0.3, 0.4) is 0 Å². The van der Waals surface area contributed by atoms with Gasteiger partial charge >= 0.3 is 0 Å². The van der Waals surface area contributed by atoms with Gasteiger partial charge in [0.1, 0.15) is 0 Å². The predicted molar refractivity (Wildman–Crippen MR) is 90.3 cm³/mol. The van der Waals surface area contributed by atoms with Gasteiger partial charge in [-0.1, -0.05) is 11.6 Å². The molecule has 0 aliphatic heterocycles. The number of carbonyl (C=O) groups excluding carboxylic acids is 1. The third kappa shape index (κ3) is 4.93. The Bertz CT molecular complexity index is 888. The first-order valence-electron chi connectivity index (χ1n) is 6.54. The molecule has 4 nitrogen and oxygen atoms in total. The molecule has 9 heteroatoms. The first kappa shape index (κ1) is 18.7. The number of benzene rings is 2. The molecule has 0 saturated carbocycles. The maximum absolute atomic E-state index is 13.1. The average molecular weight is 392 g/mol. The lowest BCUT2D eigenvalue weighted by Crippen LogP contribution is -2.14. The van der Waals surface area contributed by atoms with E-state index >= 15 is 0 Å². The molecule has 0 atom stereocenters. The number of hydrogen-bond acceptors (Lipinski definition) is 4. The van der Waals surface area contributed by atoms with Crippen LogP contribution in [0.15, 0.2) is 46.2 Å². The van der Waals surface area contributed by atoms with Crippen molar-refractivity contribution >= 4 is 44.8 Å². The smallest absolute Gasteiger partial charge is 0.234 e. The number of carbonyl (C=O) groups is 1.